The van der Waals surface area contributed by atoms with E-state index in [-0.39, 0.29) is 0 Å². The normalized spacial score (nSPS) is 13.5. The third-order valence-corrected chi connectivity index (χ3v) is 2.72. The van der Waals surface area contributed by atoms with Crippen LogP contribution in [0.2, 0.25) is 5.15 Å². The van der Waals surface area contributed by atoms with Crippen molar-refractivity contribution in [2.24, 2.45) is 11.3 Å². The van der Waals surface area contributed by atoms with E-state index in [1.165, 1.54) is 6.42 Å². The van der Waals surface area contributed by atoms with Crippen molar-refractivity contribution in [2.75, 3.05) is 6.61 Å². The minimum Gasteiger partial charge on any atom is -0.478 e. The first-order valence-corrected chi connectivity index (χ1v) is 6.50. The Morgan fingerprint density at radius 1 is 1.35 bits per heavy atom. The minimum atomic E-state index is 0.383. The second-order valence-corrected chi connectivity index (χ2v) is 6.19. The van der Waals surface area contributed by atoms with Crippen LogP contribution in [-0.4, -0.2) is 11.6 Å². The average Bonchev–Trinajstić information content (AvgIpc) is 2.14. The SMILES string of the molecule is CC(CCOc1cccc(Cl)n1)CC(C)(C)C. The molecule has 0 aliphatic carbocycles. The summed E-state index contributed by atoms with van der Waals surface area (Å²) < 4.78 is 5.58. The number of pyridine rings is 1. The lowest BCUT2D eigenvalue weighted by Gasteiger charge is -2.23. The molecule has 3 heteroatoms. The molecule has 1 unspecified atom stereocenters. The van der Waals surface area contributed by atoms with Crippen LogP contribution in [0.3, 0.4) is 0 Å². The van der Waals surface area contributed by atoms with E-state index < -0.39 is 0 Å². The van der Waals surface area contributed by atoms with E-state index in [9.17, 15) is 0 Å². The van der Waals surface area contributed by atoms with Gasteiger partial charge in [-0.15, -0.1) is 0 Å². The number of hydrogen-bond acceptors (Lipinski definition) is 2. The molecule has 1 aromatic heterocycles. The molecule has 1 atom stereocenters. The molecule has 1 heterocycles. The molecule has 0 amide bonds. The van der Waals surface area contributed by atoms with Gasteiger partial charge in [0.25, 0.3) is 0 Å². The summed E-state index contributed by atoms with van der Waals surface area (Å²) in [6, 6.07) is 5.43. The summed E-state index contributed by atoms with van der Waals surface area (Å²) in [5, 5.41) is 0.477. The molecule has 96 valence electrons. The highest BCUT2D eigenvalue weighted by atomic mass is 35.5. The van der Waals surface area contributed by atoms with E-state index in [0.29, 0.717) is 29.0 Å². The van der Waals surface area contributed by atoms with Crippen molar-refractivity contribution < 1.29 is 4.74 Å². The second kappa shape index (κ2) is 6.25. The fraction of sp³-hybridized carbons (Fsp3) is 0.643. The standard InChI is InChI=1S/C14H22ClNO/c1-11(10-14(2,3)4)8-9-17-13-7-5-6-12(15)16-13/h5-7,11H,8-10H2,1-4H3. The van der Waals surface area contributed by atoms with E-state index in [0.717, 1.165) is 6.42 Å². The van der Waals surface area contributed by atoms with E-state index in [2.05, 4.69) is 32.7 Å². The zero-order valence-electron chi connectivity index (χ0n) is 11.2. The van der Waals surface area contributed by atoms with Gasteiger partial charge in [-0.05, 0) is 30.2 Å². The fourth-order valence-corrected chi connectivity index (χ4v) is 2.14. The summed E-state index contributed by atoms with van der Waals surface area (Å²) in [6.45, 7) is 9.76. The van der Waals surface area contributed by atoms with Gasteiger partial charge in [-0.2, -0.15) is 0 Å². The molecule has 0 radical (unpaired) electrons. The van der Waals surface area contributed by atoms with Gasteiger partial charge in [-0.25, -0.2) is 4.98 Å². The van der Waals surface area contributed by atoms with Crippen molar-refractivity contribution in [1.82, 2.24) is 4.98 Å². The van der Waals surface area contributed by atoms with E-state index in [1.54, 1.807) is 6.07 Å². The number of aromatic nitrogens is 1. The molecule has 0 saturated carbocycles. The number of rotatable bonds is 5. The van der Waals surface area contributed by atoms with Gasteiger partial charge in [-0.1, -0.05) is 45.4 Å². The van der Waals surface area contributed by atoms with Crippen molar-refractivity contribution in [2.45, 2.75) is 40.5 Å². The number of hydrogen-bond donors (Lipinski definition) is 0. The topological polar surface area (TPSA) is 22.1 Å². The largest absolute Gasteiger partial charge is 0.478 e. The number of ether oxygens (including phenoxy) is 1. The highest BCUT2D eigenvalue weighted by Crippen LogP contribution is 2.26. The van der Waals surface area contributed by atoms with Gasteiger partial charge < -0.3 is 4.74 Å². The Morgan fingerprint density at radius 3 is 2.65 bits per heavy atom. The van der Waals surface area contributed by atoms with Crippen LogP contribution in [0.15, 0.2) is 18.2 Å². The highest BCUT2D eigenvalue weighted by molar-refractivity contribution is 6.29. The summed E-state index contributed by atoms with van der Waals surface area (Å²) >= 11 is 5.78. The zero-order valence-corrected chi connectivity index (χ0v) is 11.9. The molecule has 0 aromatic carbocycles. The van der Waals surface area contributed by atoms with Crippen LogP contribution < -0.4 is 4.74 Å². The molecule has 0 saturated heterocycles. The Hall–Kier alpha value is -0.760. The van der Waals surface area contributed by atoms with Crippen LogP contribution in [0.4, 0.5) is 0 Å². The molecule has 0 aliphatic heterocycles. The van der Waals surface area contributed by atoms with Crippen LogP contribution in [0.1, 0.15) is 40.5 Å². The van der Waals surface area contributed by atoms with E-state index >= 15 is 0 Å². The molecule has 2 nitrogen and oxygen atoms in total. The molecule has 1 rings (SSSR count). The molecule has 0 bridgehead atoms. The Kier molecular flexibility index (Phi) is 5.26. The quantitative estimate of drug-likeness (QED) is 0.719. The van der Waals surface area contributed by atoms with Crippen LogP contribution in [-0.2, 0) is 0 Å². The predicted molar refractivity (Wildman–Crippen MR) is 72.6 cm³/mol. The van der Waals surface area contributed by atoms with Gasteiger partial charge in [0.1, 0.15) is 5.15 Å². The summed E-state index contributed by atoms with van der Waals surface area (Å²) in [6.07, 6.45) is 2.25. The molecular formula is C14H22ClNO. The molecule has 17 heavy (non-hydrogen) atoms. The third kappa shape index (κ3) is 6.52. The monoisotopic (exact) mass is 255 g/mol. The van der Waals surface area contributed by atoms with Gasteiger partial charge in [0.15, 0.2) is 0 Å². The van der Waals surface area contributed by atoms with Crippen molar-refractivity contribution in [3.63, 3.8) is 0 Å². The van der Waals surface area contributed by atoms with Crippen LogP contribution in [0, 0.1) is 11.3 Å². The van der Waals surface area contributed by atoms with Gasteiger partial charge in [0.2, 0.25) is 5.88 Å². The van der Waals surface area contributed by atoms with Gasteiger partial charge in [0, 0.05) is 6.07 Å². The first-order chi connectivity index (χ1) is 7.87. The first kappa shape index (κ1) is 14.3. The summed E-state index contributed by atoms with van der Waals surface area (Å²) in [5.41, 5.74) is 0.383. The molecule has 0 aliphatic rings. The van der Waals surface area contributed by atoms with Gasteiger partial charge in [0.05, 0.1) is 6.61 Å². The smallest absolute Gasteiger partial charge is 0.214 e. The maximum atomic E-state index is 5.78. The summed E-state index contributed by atoms with van der Waals surface area (Å²) in [5.74, 6) is 1.27. The van der Waals surface area contributed by atoms with Crippen LogP contribution in [0.25, 0.3) is 0 Å². The summed E-state index contributed by atoms with van der Waals surface area (Å²) in [7, 11) is 0. The fourth-order valence-electron chi connectivity index (χ4n) is 1.98. The van der Waals surface area contributed by atoms with Crippen LogP contribution >= 0.6 is 11.6 Å². The summed E-state index contributed by atoms with van der Waals surface area (Å²) in [4.78, 5) is 4.09. The third-order valence-electron chi connectivity index (χ3n) is 2.51. The highest BCUT2D eigenvalue weighted by Gasteiger charge is 2.15. The second-order valence-electron chi connectivity index (χ2n) is 5.81. The van der Waals surface area contributed by atoms with Crippen molar-refractivity contribution in [3.8, 4) is 5.88 Å². The Labute approximate surface area is 109 Å². The molecule has 0 N–H and O–H groups in total. The minimum absolute atomic E-state index is 0.383. The lowest BCUT2D eigenvalue weighted by Crippen LogP contribution is -2.13. The lowest BCUT2D eigenvalue weighted by atomic mass is 9.84. The average molecular weight is 256 g/mol. The Bertz CT molecular complexity index is 346. The van der Waals surface area contributed by atoms with E-state index in [1.807, 2.05) is 12.1 Å². The molecule has 1 aromatic rings. The lowest BCUT2D eigenvalue weighted by molar-refractivity contribution is 0.236. The van der Waals surface area contributed by atoms with Crippen LogP contribution in [0.5, 0.6) is 5.88 Å². The molecular weight excluding hydrogens is 234 g/mol. The maximum absolute atomic E-state index is 5.78. The Balaban J connectivity index is 2.28. The van der Waals surface area contributed by atoms with Gasteiger partial charge >= 0.3 is 0 Å². The predicted octanol–water partition coefficient (Wildman–Crippen LogP) is 4.58. The number of halogens is 1. The molecule has 0 fully saturated rings. The van der Waals surface area contributed by atoms with Crippen molar-refractivity contribution >= 4 is 11.6 Å². The van der Waals surface area contributed by atoms with E-state index in [4.69, 9.17) is 16.3 Å². The van der Waals surface area contributed by atoms with Crippen molar-refractivity contribution in [1.29, 1.82) is 0 Å². The number of nitrogens with zero attached hydrogens (tertiary/aromatic N) is 1. The maximum Gasteiger partial charge on any atom is 0.214 e. The molecule has 0 spiro atoms. The first-order valence-electron chi connectivity index (χ1n) is 6.12. The zero-order chi connectivity index (χ0) is 12.9. The Morgan fingerprint density at radius 2 is 2.06 bits per heavy atom. The van der Waals surface area contributed by atoms with Crippen molar-refractivity contribution in [3.05, 3.63) is 23.4 Å². The van der Waals surface area contributed by atoms with Gasteiger partial charge in [-0.3, -0.25) is 0 Å².